The molecule has 0 bridgehead atoms. The lowest BCUT2D eigenvalue weighted by atomic mass is 10.0. The maximum atomic E-state index is 13.6. The van der Waals surface area contributed by atoms with Crippen molar-refractivity contribution in [1.29, 1.82) is 0 Å². The molecule has 18 heteroatoms. The van der Waals surface area contributed by atoms with Crippen LogP contribution in [0.2, 0.25) is 0 Å². The summed E-state index contributed by atoms with van der Waals surface area (Å²) in [7, 11) is 0. The Morgan fingerprint density at radius 3 is 1.48 bits per heavy atom. The first kappa shape index (κ1) is 43.3. The number of hydrogen-bond acceptors (Lipinski definition) is 10. The Morgan fingerprint density at radius 1 is 0.638 bits per heavy atom. The van der Waals surface area contributed by atoms with Crippen molar-refractivity contribution >= 4 is 67.2 Å². The number of carbonyl (C=O) groups excluding carboxylic acids is 4. The molecule has 58 heavy (non-hydrogen) atoms. The molecule has 0 spiro atoms. The smallest absolute Gasteiger partial charge is 0.429 e. The van der Waals surface area contributed by atoms with E-state index < -0.39 is 23.4 Å². The van der Waals surface area contributed by atoms with E-state index in [-0.39, 0.29) is 17.2 Å². The van der Waals surface area contributed by atoms with E-state index in [9.17, 15) is 19.2 Å². The molecular weight excluding hydrogens is 876 g/mol. The second-order valence-electron chi connectivity index (χ2n) is 17.2. The van der Waals surface area contributed by atoms with Gasteiger partial charge in [-0.3, -0.25) is 9.59 Å². The topological polar surface area (TPSA) is 160 Å². The van der Waals surface area contributed by atoms with Gasteiger partial charge in [0, 0.05) is 49.4 Å². The minimum Gasteiger partial charge on any atom is -0.442 e. The van der Waals surface area contributed by atoms with Crippen LogP contribution < -0.4 is 0 Å². The number of hydrogen-bond donors (Lipinski definition) is 0. The van der Waals surface area contributed by atoms with Crippen LogP contribution in [0.5, 0.6) is 0 Å². The third-order valence-corrected chi connectivity index (χ3v) is 10.8. The third-order valence-electron chi connectivity index (χ3n) is 10.0. The molecule has 0 radical (unpaired) electrons. The van der Waals surface area contributed by atoms with Crippen LogP contribution in [0.3, 0.4) is 0 Å². The number of carbonyl (C=O) groups is 4. The van der Waals surface area contributed by atoms with Crippen LogP contribution in [0.4, 0.5) is 9.59 Å². The van der Waals surface area contributed by atoms with Crippen LogP contribution in [-0.4, -0.2) is 111 Å². The molecule has 6 heterocycles. The number of aryl methyl sites for hydroxylation is 1. The first-order chi connectivity index (χ1) is 27.3. The Kier molecular flexibility index (Phi) is 12.8. The molecule has 3 aliphatic rings. The molecule has 4 aromatic rings. The number of fused-ring (bicyclic) bond motifs is 2. The van der Waals surface area contributed by atoms with Crippen molar-refractivity contribution in [2.75, 3.05) is 26.2 Å². The zero-order chi connectivity index (χ0) is 42.2. The van der Waals surface area contributed by atoms with Gasteiger partial charge in [0.1, 0.15) is 31.8 Å². The summed E-state index contributed by atoms with van der Waals surface area (Å²) in [6, 6.07) is 7.15. The second-order valence-corrected chi connectivity index (χ2v) is 18.9. The molecule has 3 fully saturated rings. The number of nitrogens with zero attached hydrogens (tertiary/aromatic N) is 10. The van der Waals surface area contributed by atoms with Gasteiger partial charge in [-0.2, -0.15) is 10.2 Å². The number of ether oxygens (including phenoxy) is 2. The van der Waals surface area contributed by atoms with E-state index in [1.807, 2.05) is 59.0 Å². The number of hydrazine groups is 2. The fourth-order valence-electron chi connectivity index (χ4n) is 6.88. The third kappa shape index (κ3) is 10.1. The second kappa shape index (κ2) is 17.1. The van der Waals surface area contributed by atoms with Crippen molar-refractivity contribution in [3.8, 4) is 0 Å². The first-order valence-corrected chi connectivity index (χ1v) is 21.6. The Morgan fingerprint density at radius 2 is 1.05 bits per heavy atom. The highest BCUT2D eigenvalue weighted by Gasteiger charge is 2.43. The summed E-state index contributed by atoms with van der Waals surface area (Å²) < 4.78 is 15.9. The van der Waals surface area contributed by atoms with Crippen molar-refractivity contribution in [2.24, 2.45) is 0 Å². The average molecular weight is 931 g/mol. The molecule has 1 saturated carbocycles. The van der Waals surface area contributed by atoms with Crippen LogP contribution in [0.15, 0.2) is 33.5 Å². The Labute approximate surface area is 355 Å². The van der Waals surface area contributed by atoms with Crippen molar-refractivity contribution in [3.63, 3.8) is 0 Å². The van der Waals surface area contributed by atoms with E-state index in [0.717, 1.165) is 62.8 Å². The Balaban J connectivity index is 0.000000196. The molecule has 7 rings (SSSR count). The number of rotatable bonds is 4. The van der Waals surface area contributed by atoms with Crippen LogP contribution in [0.1, 0.15) is 139 Å². The number of amides is 4. The summed E-state index contributed by atoms with van der Waals surface area (Å²) >= 11 is 6.77. The van der Waals surface area contributed by atoms with Gasteiger partial charge in [-0.15, -0.1) is 0 Å². The lowest BCUT2D eigenvalue weighted by Crippen LogP contribution is -2.51. The van der Waals surface area contributed by atoms with Gasteiger partial charge in [-0.05, 0) is 143 Å². The molecule has 0 atom stereocenters. The molecule has 4 amide bonds. The normalized spacial score (nSPS) is 17.3. The van der Waals surface area contributed by atoms with Crippen LogP contribution in [0.25, 0.3) is 11.3 Å². The molecule has 0 aromatic carbocycles. The van der Waals surface area contributed by atoms with E-state index in [0.29, 0.717) is 64.5 Å². The van der Waals surface area contributed by atoms with Crippen LogP contribution >= 0.6 is 31.9 Å². The lowest BCUT2D eigenvalue weighted by Gasteiger charge is -2.34. The molecule has 16 nitrogen and oxygen atoms in total. The van der Waals surface area contributed by atoms with Crippen molar-refractivity contribution in [2.45, 2.75) is 130 Å². The summed E-state index contributed by atoms with van der Waals surface area (Å²) in [6.45, 7) is 16.9. The fourth-order valence-corrected chi connectivity index (χ4v) is 7.61. The van der Waals surface area contributed by atoms with Gasteiger partial charge in [0.2, 0.25) is 0 Å². The highest BCUT2D eigenvalue weighted by atomic mass is 79.9. The van der Waals surface area contributed by atoms with Gasteiger partial charge < -0.3 is 9.47 Å². The van der Waals surface area contributed by atoms with Crippen molar-refractivity contribution < 1.29 is 28.7 Å². The van der Waals surface area contributed by atoms with Crippen LogP contribution in [-0.2, 0) is 21.3 Å². The summed E-state index contributed by atoms with van der Waals surface area (Å²) in [4.78, 5) is 61.5. The summed E-state index contributed by atoms with van der Waals surface area (Å²) in [6.07, 6.45) is 6.99. The van der Waals surface area contributed by atoms with Gasteiger partial charge in [-0.1, -0.05) is 13.8 Å². The maximum absolute atomic E-state index is 13.6. The first-order valence-electron chi connectivity index (χ1n) is 20.0. The van der Waals surface area contributed by atoms with E-state index in [2.05, 4.69) is 58.9 Å². The molecule has 1 aliphatic carbocycles. The Hall–Kier alpha value is -4.32. The number of aromatic nitrogens is 6. The molecule has 0 N–H and O–H groups in total. The zero-order valence-corrected chi connectivity index (χ0v) is 37.9. The highest BCUT2D eigenvalue weighted by Crippen LogP contribution is 2.47. The minimum absolute atomic E-state index is 0.00861. The lowest BCUT2D eigenvalue weighted by molar-refractivity contribution is -0.0356. The number of halogens is 2. The maximum Gasteiger partial charge on any atom is 0.429 e. The molecular formula is C40H54Br2N10O6. The predicted octanol–water partition coefficient (Wildman–Crippen LogP) is 8.15. The Bertz CT molecular complexity index is 2190. The van der Waals surface area contributed by atoms with Gasteiger partial charge in [-0.25, -0.2) is 48.6 Å². The molecule has 2 aliphatic heterocycles. The molecule has 314 valence electrons. The highest BCUT2D eigenvalue weighted by molar-refractivity contribution is 9.10. The summed E-state index contributed by atoms with van der Waals surface area (Å²) in [5.41, 5.74) is 2.41. The summed E-state index contributed by atoms with van der Waals surface area (Å²) in [5, 5.41) is 14.7. The molecule has 2 saturated heterocycles. The fraction of sp³-hybridized carbons (Fsp3) is 0.600. The zero-order valence-electron chi connectivity index (χ0n) is 34.7. The molecule has 0 unspecified atom stereocenters. The quantitative estimate of drug-likeness (QED) is 0.195. The van der Waals surface area contributed by atoms with E-state index >= 15 is 0 Å². The van der Waals surface area contributed by atoms with Crippen molar-refractivity contribution in [3.05, 3.63) is 56.2 Å². The van der Waals surface area contributed by atoms with E-state index in [1.54, 1.807) is 22.7 Å². The monoisotopic (exact) mass is 928 g/mol. The minimum atomic E-state index is -0.632. The van der Waals surface area contributed by atoms with E-state index in [4.69, 9.17) is 9.47 Å². The van der Waals surface area contributed by atoms with Gasteiger partial charge in [0.15, 0.2) is 11.3 Å². The molecule has 4 aromatic heterocycles. The standard InChI is InChI=1S/C21H28BrN5O3.C19H26BrN5O3/c1-20(2,3)30-19(29)26-11-7-5-6-10-25(26)18(28)14-12-15(21(4)8-9-21)27-17(23-14)13-16(22)24-27;1-5-13-11-14(21-16-12-15(20)22-25(13)16)17(26)23-9-7-6-8-10-24(23)18(27)28-19(2,3)4/h12-13H,5-11H2,1-4H3;11-12H,5-10H2,1-4H3. The van der Waals surface area contributed by atoms with Crippen LogP contribution in [0, 0.1) is 0 Å². The van der Waals surface area contributed by atoms with Gasteiger partial charge >= 0.3 is 12.2 Å². The average Bonchev–Trinajstić information content (AvgIpc) is 3.79. The largest absolute Gasteiger partial charge is 0.442 e. The van der Waals surface area contributed by atoms with E-state index in [1.165, 1.54) is 20.0 Å². The predicted molar refractivity (Wildman–Crippen MR) is 223 cm³/mol. The van der Waals surface area contributed by atoms with Crippen molar-refractivity contribution in [1.82, 2.24) is 49.2 Å². The van der Waals surface area contributed by atoms with Gasteiger partial charge in [0.25, 0.3) is 11.8 Å². The summed E-state index contributed by atoms with van der Waals surface area (Å²) in [5.74, 6) is -0.588. The van der Waals surface area contributed by atoms with Gasteiger partial charge in [0.05, 0.1) is 5.69 Å². The SMILES string of the molecule is CC(C)(C)OC(=O)N1CCCCCN1C(=O)c1cc(C2(C)CC2)n2nc(Br)cc2n1.CCc1cc(C(=O)N2CCCCCN2C(=O)OC(C)(C)C)nc2cc(Br)nn12.